The van der Waals surface area contributed by atoms with Crippen LogP contribution < -0.4 is 10.1 Å². The lowest BCUT2D eigenvalue weighted by Crippen LogP contribution is -2.28. The van der Waals surface area contributed by atoms with E-state index in [2.05, 4.69) is 10.1 Å². The van der Waals surface area contributed by atoms with Crippen LogP contribution in [0.15, 0.2) is 24.3 Å². The summed E-state index contributed by atoms with van der Waals surface area (Å²) in [5.74, 6) is -1.10. The minimum absolute atomic E-state index is 0.0282. The molecule has 19 heavy (non-hydrogen) atoms. The Morgan fingerprint density at radius 1 is 1.42 bits per heavy atom. The molecule has 7 heteroatoms. The highest BCUT2D eigenvalue weighted by atomic mass is 19.4. The van der Waals surface area contributed by atoms with Gasteiger partial charge in [-0.2, -0.15) is 13.2 Å². The first-order valence-electron chi connectivity index (χ1n) is 5.61. The number of aliphatic carboxylic acids is 1. The van der Waals surface area contributed by atoms with Crippen LogP contribution in [0.1, 0.15) is 13.3 Å². The molecule has 2 N–H and O–H groups in total. The molecule has 1 aromatic rings. The highest BCUT2D eigenvalue weighted by molar-refractivity contribution is 5.78. The van der Waals surface area contributed by atoms with E-state index in [1.165, 1.54) is 18.2 Å². The lowest BCUT2D eigenvalue weighted by Gasteiger charge is -2.17. The summed E-state index contributed by atoms with van der Waals surface area (Å²) in [7, 11) is 0. The number of benzene rings is 1. The van der Waals surface area contributed by atoms with Crippen LogP contribution in [-0.2, 0) is 4.79 Å². The van der Waals surface area contributed by atoms with Crippen LogP contribution in [0.2, 0.25) is 0 Å². The summed E-state index contributed by atoms with van der Waals surface area (Å²) < 4.78 is 40.9. The summed E-state index contributed by atoms with van der Waals surface area (Å²) >= 11 is 0. The summed E-state index contributed by atoms with van der Waals surface area (Å²) in [6.07, 6.45) is -4.15. The van der Waals surface area contributed by atoms with Crippen LogP contribution in [-0.4, -0.2) is 29.9 Å². The molecule has 0 aliphatic carbocycles. The van der Waals surface area contributed by atoms with Gasteiger partial charge in [0.2, 0.25) is 0 Å². The minimum Gasteiger partial charge on any atom is -0.482 e. The van der Waals surface area contributed by atoms with Gasteiger partial charge in [0, 0.05) is 0 Å². The quantitative estimate of drug-likeness (QED) is 0.839. The zero-order valence-corrected chi connectivity index (χ0v) is 10.2. The van der Waals surface area contributed by atoms with Gasteiger partial charge < -0.3 is 15.2 Å². The highest BCUT2D eigenvalue weighted by Crippen LogP contribution is 2.27. The molecule has 1 aromatic carbocycles. The van der Waals surface area contributed by atoms with Gasteiger partial charge in [-0.1, -0.05) is 19.1 Å². The second kappa shape index (κ2) is 6.31. The molecule has 0 aliphatic rings. The van der Waals surface area contributed by atoms with Gasteiger partial charge in [0.15, 0.2) is 6.61 Å². The molecule has 0 saturated heterocycles. The van der Waals surface area contributed by atoms with Crippen LogP contribution in [0.4, 0.5) is 18.9 Å². The molecule has 0 heterocycles. The number of para-hydroxylation sites is 2. The third-order valence-electron chi connectivity index (χ3n) is 2.31. The number of anilines is 1. The van der Waals surface area contributed by atoms with Crippen molar-refractivity contribution in [2.45, 2.75) is 25.6 Å². The van der Waals surface area contributed by atoms with Gasteiger partial charge >= 0.3 is 12.1 Å². The van der Waals surface area contributed by atoms with E-state index in [0.29, 0.717) is 6.42 Å². The number of hydrogen-bond donors (Lipinski definition) is 2. The molecular weight excluding hydrogens is 263 g/mol. The zero-order valence-electron chi connectivity index (χ0n) is 10.2. The van der Waals surface area contributed by atoms with Crippen LogP contribution in [0.5, 0.6) is 5.75 Å². The number of carbonyl (C=O) groups is 1. The predicted octanol–water partition coefficient (Wildman–Crippen LogP) is 2.90. The van der Waals surface area contributed by atoms with Gasteiger partial charge in [-0.25, -0.2) is 4.79 Å². The first-order chi connectivity index (χ1) is 8.83. The van der Waals surface area contributed by atoms with Crippen molar-refractivity contribution in [1.29, 1.82) is 0 Å². The van der Waals surface area contributed by atoms with E-state index in [0.717, 1.165) is 0 Å². The topological polar surface area (TPSA) is 58.6 Å². The first-order valence-corrected chi connectivity index (χ1v) is 5.61. The number of ether oxygens (including phenoxy) is 1. The molecular formula is C12H14F3NO3. The summed E-state index contributed by atoms with van der Waals surface area (Å²) in [4.78, 5) is 10.9. The number of carboxylic acid groups (broad SMARTS) is 1. The fourth-order valence-electron chi connectivity index (χ4n) is 1.40. The fourth-order valence-corrected chi connectivity index (χ4v) is 1.40. The van der Waals surface area contributed by atoms with E-state index in [1.807, 2.05) is 0 Å². The van der Waals surface area contributed by atoms with Gasteiger partial charge in [-0.15, -0.1) is 0 Å². The molecule has 4 nitrogen and oxygen atoms in total. The molecule has 0 aliphatic heterocycles. The van der Waals surface area contributed by atoms with Crippen molar-refractivity contribution in [2.24, 2.45) is 0 Å². The second-order valence-corrected chi connectivity index (χ2v) is 3.84. The molecule has 0 fully saturated rings. The molecule has 0 amide bonds. The predicted molar refractivity (Wildman–Crippen MR) is 63.3 cm³/mol. The number of carboxylic acids is 1. The first kappa shape index (κ1) is 15.1. The highest BCUT2D eigenvalue weighted by Gasteiger charge is 2.29. The van der Waals surface area contributed by atoms with Crippen molar-refractivity contribution >= 4 is 11.7 Å². The number of rotatable bonds is 6. The number of hydrogen-bond acceptors (Lipinski definition) is 3. The Bertz CT molecular complexity index is 434. The molecule has 1 atom stereocenters. The number of alkyl halides is 3. The van der Waals surface area contributed by atoms with Gasteiger partial charge in [0.1, 0.15) is 11.8 Å². The van der Waals surface area contributed by atoms with E-state index >= 15 is 0 Å². The van der Waals surface area contributed by atoms with Crippen LogP contribution in [0.3, 0.4) is 0 Å². The smallest absolute Gasteiger partial charge is 0.422 e. The molecule has 0 saturated carbocycles. The molecule has 0 aromatic heterocycles. The normalized spacial score (nSPS) is 12.8. The SMILES string of the molecule is CCC(Nc1ccccc1OCC(F)(F)F)C(=O)O. The number of nitrogens with one attached hydrogen (secondary N) is 1. The minimum atomic E-state index is -4.44. The molecule has 0 bridgehead atoms. The van der Waals surface area contributed by atoms with E-state index in [1.54, 1.807) is 13.0 Å². The van der Waals surface area contributed by atoms with Gasteiger partial charge in [-0.3, -0.25) is 0 Å². The number of halogens is 3. The van der Waals surface area contributed by atoms with E-state index < -0.39 is 24.8 Å². The Labute approximate surface area is 108 Å². The van der Waals surface area contributed by atoms with Crippen molar-refractivity contribution < 1.29 is 27.8 Å². The Kier molecular flexibility index (Phi) is 5.02. The summed E-state index contributed by atoms with van der Waals surface area (Å²) in [6, 6.07) is 5.03. The molecule has 1 rings (SSSR count). The van der Waals surface area contributed by atoms with Crippen LogP contribution in [0, 0.1) is 0 Å². The van der Waals surface area contributed by atoms with Gasteiger partial charge in [0.05, 0.1) is 5.69 Å². The van der Waals surface area contributed by atoms with Gasteiger partial charge in [-0.05, 0) is 18.6 Å². The monoisotopic (exact) mass is 277 g/mol. The van der Waals surface area contributed by atoms with E-state index in [-0.39, 0.29) is 11.4 Å². The molecule has 106 valence electrons. The standard InChI is InChI=1S/C12H14F3NO3/c1-2-8(11(17)18)16-9-5-3-4-6-10(9)19-7-12(13,14)15/h3-6,8,16H,2,7H2,1H3,(H,17,18). The molecule has 0 spiro atoms. The Hall–Kier alpha value is -1.92. The van der Waals surface area contributed by atoms with E-state index in [4.69, 9.17) is 5.11 Å². The Balaban J connectivity index is 2.80. The van der Waals surface area contributed by atoms with Crippen LogP contribution >= 0.6 is 0 Å². The Morgan fingerprint density at radius 3 is 2.58 bits per heavy atom. The van der Waals surface area contributed by atoms with Crippen LogP contribution in [0.25, 0.3) is 0 Å². The summed E-state index contributed by atoms with van der Waals surface area (Å²) in [5.41, 5.74) is 0.223. The third-order valence-corrected chi connectivity index (χ3v) is 2.31. The maximum Gasteiger partial charge on any atom is 0.422 e. The van der Waals surface area contributed by atoms with Crippen molar-refractivity contribution in [2.75, 3.05) is 11.9 Å². The second-order valence-electron chi connectivity index (χ2n) is 3.84. The van der Waals surface area contributed by atoms with Crippen molar-refractivity contribution in [3.8, 4) is 5.75 Å². The van der Waals surface area contributed by atoms with E-state index in [9.17, 15) is 18.0 Å². The van der Waals surface area contributed by atoms with Crippen molar-refractivity contribution in [3.63, 3.8) is 0 Å². The summed E-state index contributed by atoms with van der Waals surface area (Å²) in [6.45, 7) is 0.237. The summed E-state index contributed by atoms with van der Waals surface area (Å²) in [5, 5.41) is 11.5. The average molecular weight is 277 g/mol. The van der Waals surface area contributed by atoms with Crippen molar-refractivity contribution in [1.82, 2.24) is 0 Å². The lowest BCUT2D eigenvalue weighted by atomic mass is 10.2. The molecule has 0 radical (unpaired) electrons. The lowest BCUT2D eigenvalue weighted by molar-refractivity contribution is -0.153. The fraction of sp³-hybridized carbons (Fsp3) is 0.417. The maximum atomic E-state index is 12.1. The average Bonchev–Trinajstić information content (AvgIpc) is 2.33. The van der Waals surface area contributed by atoms with Crippen molar-refractivity contribution in [3.05, 3.63) is 24.3 Å². The maximum absolute atomic E-state index is 12.1. The van der Waals surface area contributed by atoms with Gasteiger partial charge in [0.25, 0.3) is 0 Å². The Morgan fingerprint density at radius 2 is 2.05 bits per heavy atom. The zero-order chi connectivity index (χ0) is 14.5. The largest absolute Gasteiger partial charge is 0.482 e. The molecule has 1 unspecified atom stereocenters. The third kappa shape index (κ3) is 5.07.